The summed E-state index contributed by atoms with van der Waals surface area (Å²) >= 11 is 0. The van der Waals surface area contributed by atoms with E-state index < -0.39 is 0 Å². The van der Waals surface area contributed by atoms with E-state index in [1.165, 1.54) is 13.2 Å². The third kappa shape index (κ3) is 4.04. The number of carbonyl (C=O) groups excluding carboxylic acids is 1. The molecule has 22 heavy (non-hydrogen) atoms. The molecule has 6 heteroatoms. The summed E-state index contributed by atoms with van der Waals surface area (Å²) in [6.45, 7) is 2.01. The topological polar surface area (TPSA) is 81.5 Å². The number of benzene rings is 1. The number of nitrogens with one attached hydrogen (secondary N) is 1. The lowest BCUT2D eigenvalue weighted by Gasteiger charge is -2.30. The largest absolute Gasteiger partial charge is 0.469 e. The van der Waals surface area contributed by atoms with Gasteiger partial charge in [-0.2, -0.15) is 0 Å². The van der Waals surface area contributed by atoms with E-state index >= 15 is 0 Å². The number of esters is 1. The van der Waals surface area contributed by atoms with Crippen molar-refractivity contribution in [2.24, 2.45) is 5.92 Å². The van der Waals surface area contributed by atoms with Crippen molar-refractivity contribution in [2.75, 3.05) is 7.11 Å². The summed E-state index contributed by atoms with van der Waals surface area (Å²) in [5.41, 5.74) is 1.02. The summed E-state index contributed by atoms with van der Waals surface area (Å²) in [5.74, 6) is -0.110. The van der Waals surface area contributed by atoms with E-state index in [1.807, 2.05) is 13.0 Å². The summed E-state index contributed by atoms with van der Waals surface area (Å²) in [7, 11) is 1.43. The highest BCUT2D eigenvalue weighted by Gasteiger charge is 2.27. The van der Waals surface area contributed by atoms with Crippen LogP contribution in [0, 0.1) is 16.0 Å². The number of nitro benzene ring substituents is 1. The highest BCUT2D eigenvalue weighted by molar-refractivity contribution is 5.72. The molecule has 0 heterocycles. The molecule has 0 spiro atoms. The van der Waals surface area contributed by atoms with Crippen molar-refractivity contribution in [3.63, 3.8) is 0 Å². The predicted octanol–water partition coefficient (Wildman–Crippen LogP) is 2.98. The Morgan fingerprint density at radius 3 is 2.64 bits per heavy atom. The van der Waals surface area contributed by atoms with Gasteiger partial charge in [-0.15, -0.1) is 0 Å². The van der Waals surface area contributed by atoms with Gasteiger partial charge in [0.15, 0.2) is 0 Å². The fourth-order valence-electron chi connectivity index (χ4n) is 3.02. The molecule has 6 nitrogen and oxygen atoms in total. The van der Waals surface area contributed by atoms with E-state index in [0.29, 0.717) is 6.04 Å². The molecule has 1 aliphatic rings. The van der Waals surface area contributed by atoms with Crippen LogP contribution in [0.5, 0.6) is 0 Å². The van der Waals surface area contributed by atoms with Crippen LogP contribution in [0.25, 0.3) is 0 Å². The van der Waals surface area contributed by atoms with Gasteiger partial charge < -0.3 is 10.1 Å². The molecule has 1 fully saturated rings. The van der Waals surface area contributed by atoms with Crippen molar-refractivity contribution in [1.82, 2.24) is 5.32 Å². The van der Waals surface area contributed by atoms with Crippen LogP contribution in [0.1, 0.15) is 44.2 Å². The van der Waals surface area contributed by atoms with Crippen LogP contribution in [-0.2, 0) is 9.53 Å². The second-order valence-electron chi connectivity index (χ2n) is 5.81. The number of hydrogen-bond acceptors (Lipinski definition) is 5. The summed E-state index contributed by atoms with van der Waals surface area (Å²) in [6.07, 6.45) is 3.48. The van der Waals surface area contributed by atoms with Crippen LogP contribution in [0.2, 0.25) is 0 Å². The summed E-state index contributed by atoms with van der Waals surface area (Å²) < 4.78 is 4.79. The van der Waals surface area contributed by atoms with Crippen molar-refractivity contribution in [2.45, 2.75) is 44.7 Å². The average molecular weight is 306 g/mol. The Hall–Kier alpha value is -1.95. The molecule has 0 bridgehead atoms. The van der Waals surface area contributed by atoms with E-state index in [-0.39, 0.29) is 28.5 Å². The highest BCUT2D eigenvalue weighted by Crippen LogP contribution is 2.27. The summed E-state index contributed by atoms with van der Waals surface area (Å²) in [4.78, 5) is 22.0. The van der Waals surface area contributed by atoms with Gasteiger partial charge in [-0.05, 0) is 38.2 Å². The SMILES string of the molecule is COC(=O)C1CCC(NC(C)c2cccc([N+](=O)[O-])c2)CC1. The molecule has 1 atom stereocenters. The Kier molecular flexibility index (Phi) is 5.49. The van der Waals surface area contributed by atoms with E-state index in [1.54, 1.807) is 12.1 Å². The number of non-ortho nitro benzene ring substituents is 1. The van der Waals surface area contributed by atoms with Gasteiger partial charge in [-0.3, -0.25) is 14.9 Å². The number of methoxy groups -OCH3 is 1. The number of rotatable bonds is 5. The van der Waals surface area contributed by atoms with Crippen molar-refractivity contribution < 1.29 is 14.5 Å². The summed E-state index contributed by atoms with van der Waals surface area (Å²) in [5, 5.41) is 14.3. The molecule has 1 aliphatic carbocycles. The number of nitro groups is 1. The molecule has 120 valence electrons. The molecule has 0 aliphatic heterocycles. The Bertz CT molecular complexity index is 539. The monoisotopic (exact) mass is 306 g/mol. The van der Waals surface area contributed by atoms with Gasteiger partial charge in [-0.25, -0.2) is 0 Å². The van der Waals surface area contributed by atoms with Gasteiger partial charge in [0.05, 0.1) is 18.0 Å². The lowest BCUT2D eigenvalue weighted by Crippen LogP contribution is -2.36. The Morgan fingerprint density at radius 1 is 1.36 bits per heavy atom. The third-order valence-corrected chi connectivity index (χ3v) is 4.33. The lowest BCUT2D eigenvalue weighted by atomic mass is 9.85. The van der Waals surface area contributed by atoms with Gasteiger partial charge in [0.1, 0.15) is 0 Å². The molecule has 1 aromatic rings. The molecule has 0 aromatic heterocycles. The quantitative estimate of drug-likeness (QED) is 0.514. The normalized spacial score (nSPS) is 22.8. The minimum absolute atomic E-state index is 0.0103. The smallest absolute Gasteiger partial charge is 0.308 e. The summed E-state index contributed by atoms with van der Waals surface area (Å²) in [6, 6.07) is 7.08. The number of ether oxygens (including phenoxy) is 1. The zero-order chi connectivity index (χ0) is 16.1. The lowest BCUT2D eigenvalue weighted by molar-refractivity contribution is -0.384. The fraction of sp³-hybridized carbons (Fsp3) is 0.562. The zero-order valence-corrected chi connectivity index (χ0v) is 13.0. The minimum atomic E-state index is -0.377. The third-order valence-electron chi connectivity index (χ3n) is 4.33. The van der Waals surface area contributed by atoms with Crippen molar-refractivity contribution in [1.29, 1.82) is 0 Å². The van der Waals surface area contributed by atoms with Crippen molar-refractivity contribution >= 4 is 11.7 Å². The molecular formula is C16H22N2O4. The number of carbonyl (C=O) groups is 1. The number of nitrogens with zero attached hydrogens (tertiary/aromatic N) is 1. The van der Waals surface area contributed by atoms with E-state index in [9.17, 15) is 14.9 Å². The first-order chi connectivity index (χ1) is 10.5. The van der Waals surface area contributed by atoms with Crippen molar-refractivity contribution in [3.05, 3.63) is 39.9 Å². The fourth-order valence-corrected chi connectivity index (χ4v) is 3.02. The maximum Gasteiger partial charge on any atom is 0.308 e. The van der Waals surface area contributed by atoms with Gasteiger partial charge in [0.2, 0.25) is 0 Å². The van der Waals surface area contributed by atoms with Gasteiger partial charge in [0.25, 0.3) is 5.69 Å². The molecule has 0 amide bonds. The Morgan fingerprint density at radius 2 is 2.05 bits per heavy atom. The molecule has 1 unspecified atom stereocenters. The number of hydrogen-bond donors (Lipinski definition) is 1. The molecule has 1 saturated carbocycles. The van der Waals surface area contributed by atoms with Crippen LogP contribution in [0.3, 0.4) is 0 Å². The van der Waals surface area contributed by atoms with E-state index in [0.717, 1.165) is 31.2 Å². The molecule has 1 aromatic carbocycles. The van der Waals surface area contributed by atoms with Gasteiger partial charge in [0, 0.05) is 24.2 Å². The maximum absolute atomic E-state index is 11.5. The molecular weight excluding hydrogens is 284 g/mol. The van der Waals surface area contributed by atoms with Crippen molar-refractivity contribution in [3.8, 4) is 0 Å². The molecule has 2 rings (SSSR count). The first kappa shape index (κ1) is 16.4. The van der Waals surface area contributed by atoms with Crippen LogP contribution in [0.4, 0.5) is 5.69 Å². The highest BCUT2D eigenvalue weighted by atomic mass is 16.6. The zero-order valence-electron chi connectivity index (χ0n) is 13.0. The maximum atomic E-state index is 11.5. The van der Waals surface area contributed by atoms with Gasteiger partial charge >= 0.3 is 5.97 Å². The average Bonchev–Trinajstić information content (AvgIpc) is 2.54. The Balaban J connectivity index is 1.90. The minimum Gasteiger partial charge on any atom is -0.469 e. The second-order valence-corrected chi connectivity index (χ2v) is 5.81. The van der Waals surface area contributed by atoms with E-state index in [4.69, 9.17) is 4.74 Å². The van der Waals surface area contributed by atoms with Gasteiger partial charge in [-0.1, -0.05) is 12.1 Å². The predicted molar refractivity (Wildman–Crippen MR) is 82.4 cm³/mol. The van der Waals surface area contributed by atoms with Crippen LogP contribution in [-0.4, -0.2) is 24.0 Å². The van der Waals surface area contributed by atoms with Crippen LogP contribution in [0.15, 0.2) is 24.3 Å². The first-order valence-electron chi connectivity index (χ1n) is 7.59. The van der Waals surface area contributed by atoms with Crippen LogP contribution < -0.4 is 5.32 Å². The Labute approximate surface area is 130 Å². The molecule has 0 saturated heterocycles. The standard InChI is InChI=1S/C16H22N2O4/c1-11(13-4-3-5-15(10-13)18(20)21)17-14-8-6-12(7-9-14)16(19)22-2/h3-5,10-12,14,17H,6-9H2,1-2H3. The van der Waals surface area contributed by atoms with E-state index in [2.05, 4.69) is 5.32 Å². The first-order valence-corrected chi connectivity index (χ1v) is 7.59. The molecule has 0 radical (unpaired) electrons. The van der Waals surface area contributed by atoms with Crippen LogP contribution >= 0.6 is 0 Å². The second kappa shape index (κ2) is 7.35. The molecule has 1 N–H and O–H groups in total.